The van der Waals surface area contributed by atoms with Gasteiger partial charge in [-0.25, -0.2) is 0 Å². The van der Waals surface area contributed by atoms with E-state index in [0.717, 1.165) is 51.6 Å². The van der Waals surface area contributed by atoms with E-state index in [0.29, 0.717) is 18.3 Å². The first-order valence-corrected chi connectivity index (χ1v) is 12.3. The standard InChI is InChI=1S/C24H34O4S/c1-14(25)29-19-12-15-11-16(26)5-8-22(15,2)21-18(27)13-23(3)17(20(19)21)6-9-24(23)7-4-10-28-24/h11,17-21,27H,4-10,12-13H2,1-3H3/t17-,18-,19+,20+,21-,22-,23-,24-/m0/s1. The summed E-state index contributed by atoms with van der Waals surface area (Å²) in [5.41, 5.74) is 0.941. The molecule has 8 atom stereocenters. The van der Waals surface area contributed by atoms with E-state index in [-0.39, 0.29) is 38.5 Å². The van der Waals surface area contributed by atoms with Gasteiger partial charge in [0.05, 0.1) is 11.7 Å². The molecule has 0 amide bonds. The van der Waals surface area contributed by atoms with Crippen LogP contribution in [0.2, 0.25) is 0 Å². The largest absolute Gasteiger partial charge is 0.393 e. The lowest BCUT2D eigenvalue weighted by Gasteiger charge is -2.62. The van der Waals surface area contributed by atoms with Crippen LogP contribution in [0.3, 0.4) is 0 Å². The highest BCUT2D eigenvalue weighted by atomic mass is 32.2. The summed E-state index contributed by atoms with van der Waals surface area (Å²) in [7, 11) is 0. The Hall–Kier alpha value is -0.650. The van der Waals surface area contributed by atoms with Crippen molar-refractivity contribution in [2.24, 2.45) is 28.6 Å². The van der Waals surface area contributed by atoms with Crippen molar-refractivity contribution in [3.8, 4) is 0 Å². The first-order chi connectivity index (χ1) is 13.7. The van der Waals surface area contributed by atoms with Gasteiger partial charge in [-0.1, -0.05) is 31.2 Å². The van der Waals surface area contributed by atoms with Crippen molar-refractivity contribution < 1.29 is 19.4 Å². The Bertz CT molecular complexity index is 769. The topological polar surface area (TPSA) is 63.6 Å². The van der Waals surface area contributed by atoms with Crippen LogP contribution in [-0.4, -0.2) is 39.6 Å². The summed E-state index contributed by atoms with van der Waals surface area (Å²) in [6.45, 7) is 7.14. The third-order valence-electron chi connectivity index (χ3n) is 9.61. The highest BCUT2D eigenvalue weighted by Gasteiger charge is 2.69. The van der Waals surface area contributed by atoms with Gasteiger partial charge in [0, 0.05) is 30.6 Å². The predicted molar refractivity (Wildman–Crippen MR) is 113 cm³/mol. The molecule has 1 N–H and O–H groups in total. The maximum absolute atomic E-state index is 12.2. The summed E-state index contributed by atoms with van der Waals surface area (Å²) in [6.07, 6.45) is 8.88. The Morgan fingerprint density at radius 3 is 2.76 bits per heavy atom. The van der Waals surface area contributed by atoms with Gasteiger partial charge in [0.15, 0.2) is 10.9 Å². The van der Waals surface area contributed by atoms with Crippen molar-refractivity contribution in [3.05, 3.63) is 11.6 Å². The first kappa shape index (κ1) is 20.3. The average molecular weight is 419 g/mol. The predicted octanol–water partition coefficient (Wildman–Crippen LogP) is 4.30. The van der Waals surface area contributed by atoms with E-state index in [9.17, 15) is 14.7 Å². The molecule has 0 aromatic carbocycles. The van der Waals surface area contributed by atoms with Crippen LogP contribution in [-0.2, 0) is 14.3 Å². The van der Waals surface area contributed by atoms with Crippen molar-refractivity contribution in [1.29, 1.82) is 0 Å². The molecule has 1 spiro atoms. The first-order valence-electron chi connectivity index (χ1n) is 11.4. The van der Waals surface area contributed by atoms with E-state index in [4.69, 9.17) is 4.74 Å². The van der Waals surface area contributed by atoms with Crippen molar-refractivity contribution >= 4 is 22.7 Å². The Kier molecular flexibility index (Phi) is 4.66. The zero-order chi connectivity index (χ0) is 20.6. The zero-order valence-electron chi connectivity index (χ0n) is 17.9. The number of fused-ring (bicyclic) bond motifs is 6. The molecule has 4 nitrogen and oxygen atoms in total. The summed E-state index contributed by atoms with van der Waals surface area (Å²) in [4.78, 5) is 24.4. The molecule has 1 heterocycles. The second-order valence-electron chi connectivity index (χ2n) is 10.8. The van der Waals surface area contributed by atoms with Crippen LogP contribution >= 0.6 is 11.8 Å². The van der Waals surface area contributed by atoms with E-state index >= 15 is 0 Å². The van der Waals surface area contributed by atoms with E-state index in [1.807, 2.05) is 6.08 Å². The molecule has 0 aromatic heterocycles. The number of carbonyl (C=O) groups is 2. The van der Waals surface area contributed by atoms with E-state index in [1.54, 1.807) is 6.92 Å². The van der Waals surface area contributed by atoms with Gasteiger partial charge in [0.2, 0.25) is 0 Å². The fourth-order valence-electron chi connectivity index (χ4n) is 8.37. The average Bonchev–Trinajstić information content (AvgIpc) is 3.22. The Labute approximate surface area is 178 Å². The van der Waals surface area contributed by atoms with Crippen LogP contribution < -0.4 is 0 Å². The molecular weight excluding hydrogens is 384 g/mol. The lowest BCUT2D eigenvalue weighted by molar-refractivity contribution is -0.173. The molecule has 1 saturated heterocycles. The Morgan fingerprint density at radius 2 is 2.07 bits per heavy atom. The molecule has 160 valence electrons. The second kappa shape index (κ2) is 6.67. The van der Waals surface area contributed by atoms with Gasteiger partial charge in [-0.3, -0.25) is 9.59 Å². The number of rotatable bonds is 1. The Morgan fingerprint density at radius 1 is 1.28 bits per heavy atom. The summed E-state index contributed by atoms with van der Waals surface area (Å²) in [5.74, 6) is 1.11. The fraction of sp³-hybridized carbons (Fsp3) is 0.833. The monoisotopic (exact) mass is 418 g/mol. The van der Waals surface area contributed by atoms with Crippen molar-refractivity contribution in [3.63, 3.8) is 0 Å². The van der Waals surface area contributed by atoms with Crippen LogP contribution in [0.1, 0.15) is 72.1 Å². The van der Waals surface area contributed by atoms with Crippen molar-refractivity contribution in [2.75, 3.05) is 6.61 Å². The molecule has 4 aliphatic carbocycles. The van der Waals surface area contributed by atoms with Gasteiger partial charge >= 0.3 is 0 Å². The molecule has 0 bridgehead atoms. The van der Waals surface area contributed by atoms with E-state index in [1.165, 1.54) is 17.3 Å². The number of allylic oxidation sites excluding steroid dienone is 1. The van der Waals surface area contributed by atoms with E-state index in [2.05, 4.69) is 13.8 Å². The third kappa shape index (κ3) is 2.72. The molecule has 1 aliphatic heterocycles. The summed E-state index contributed by atoms with van der Waals surface area (Å²) < 4.78 is 6.42. The molecule has 29 heavy (non-hydrogen) atoms. The maximum Gasteiger partial charge on any atom is 0.186 e. The van der Waals surface area contributed by atoms with Crippen molar-refractivity contribution in [2.45, 2.75) is 89.1 Å². The summed E-state index contributed by atoms with van der Waals surface area (Å²) >= 11 is 1.45. The number of ether oxygens (including phenoxy) is 1. The molecule has 0 aromatic rings. The Balaban J connectivity index is 1.60. The molecular formula is C24H34O4S. The van der Waals surface area contributed by atoms with Gasteiger partial charge in [-0.05, 0) is 74.2 Å². The van der Waals surface area contributed by atoms with Gasteiger partial charge < -0.3 is 9.84 Å². The van der Waals surface area contributed by atoms with Crippen molar-refractivity contribution in [1.82, 2.24) is 0 Å². The summed E-state index contributed by atoms with van der Waals surface area (Å²) in [5, 5.41) is 11.9. The molecule has 5 rings (SSSR count). The molecule has 4 fully saturated rings. The number of aliphatic hydroxyl groups excluding tert-OH is 1. The zero-order valence-corrected chi connectivity index (χ0v) is 18.7. The smallest absolute Gasteiger partial charge is 0.186 e. The van der Waals surface area contributed by atoms with E-state index < -0.39 is 6.10 Å². The fourth-order valence-corrected chi connectivity index (χ4v) is 9.58. The highest BCUT2D eigenvalue weighted by molar-refractivity contribution is 8.14. The molecule has 0 unspecified atom stereocenters. The number of thioether (sulfide) groups is 1. The lowest BCUT2D eigenvalue weighted by Crippen LogP contribution is -2.62. The number of hydrogen-bond acceptors (Lipinski definition) is 5. The molecule has 5 heteroatoms. The number of carbonyl (C=O) groups excluding carboxylic acids is 2. The van der Waals surface area contributed by atoms with Gasteiger partial charge in [0.1, 0.15) is 0 Å². The number of aliphatic hydroxyl groups is 1. The normalized spacial score (nSPS) is 51.4. The van der Waals surface area contributed by atoms with Crippen LogP contribution in [0, 0.1) is 28.6 Å². The minimum Gasteiger partial charge on any atom is -0.393 e. The SMILES string of the molecule is CC(=O)S[C@@H]1CC2=CC(=O)CC[C@]2(C)[C@@H]2[C@@H]1[C@@H]1CC[C@@]3(CCCO3)[C@@]1(C)C[C@@H]2O. The molecule has 5 aliphatic rings. The number of ketones is 1. The lowest BCUT2D eigenvalue weighted by atomic mass is 9.45. The maximum atomic E-state index is 12.2. The van der Waals surface area contributed by atoms with Crippen LogP contribution in [0.5, 0.6) is 0 Å². The van der Waals surface area contributed by atoms with Crippen LogP contribution in [0.4, 0.5) is 0 Å². The van der Waals surface area contributed by atoms with Crippen LogP contribution in [0.25, 0.3) is 0 Å². The quantitative estimate of drug-likeness (QED) is 0.688. The molecule has 3 saturated carbocycles. The minimum absolute atomic E-state index is 0.0260. The van der Waals surface area contributed by atoms with Gasteiger partial charge in [0.25, 0.3) is 0 Å². The van der Waals surface area contributed by atoms with Gasteiger partial charge in [-0.15, -0.1) is 0 Å². The molecule has 0 radical (unpaired) electrons. The summed E-state index contributed by atoms with van der Waals surface area (Å²) in [6, 6.07) is 0. The highest BCUT2D eigenvalue weighted by Crippen LogP contribution is 2.70. The second-order valence-corrected chi connectivity index (χ2v) is 12.2. The third-order valence-corrected chi connectivity index (χ3v) is 10.7. The van der Waals surface area contributed by atoms with Crippen LogP contribution in [0.15, 0.2) is 11.6 Å². The minimum atomic E-state index is -0.405. The number of hydrogen-bond donors (Lipinski definition) is 1. The van der Waals surface area contributed by atoms with Gasteiger partial charge in [-0.2, -0.15) is 0 Å².